The fraction of sp³-hybridized carbons (Fsp3) is 0.520. The molecular weight excluding hydrogens is 332 g/mol. The summed E-state index contributed by atoms with van der Waals surface area (Å²) in [5, 5.41) is 21.0. The Balaban J connectivity index is 2.77. The van der Waals surface area contributed by atoms with Crippen molar-refractivity contribution in [1.82, 2.24) is 0 Å². The minimum atomic E-state index is -0.254. The lowest BCUT2D eigenvalue weighted by molar-refractivity contribution is 0.443. The van der Waals surface area contributed by atoms with Gasteiger partial charge in [-0.1, -0.05) is 67.5 Å². The van der Waals surface area contributed by atoms with Crippen molar-refractivity contribution in [3.8, 4) is 11.5 Å². The number of hydrogen-bond donors (Lipinski definition) is 2. The van der Waals surface area contributed by atoms with Crippen molar-refractivity contribution in [1.29, 1.82) is 0 Å². The zero-order valence-electron chi connectivity index (χ0n) is 18.7. The molecule has 2 aromatic carbocycles. The van der Waals surface area contributed by atoms with Gasteiger partial charge >= 0.3 is 0 Å². The standard InChI is InChI=1S/C25H36O2/c1-15-11-21(26)19(23(3,4)5)13-17(15)25(9,10)18-14-20(24(6,7)8)22(27)12-16(18)2/h11-14,26-27H,1-10H3. The summed E-state index contributed by atoms with van der Waals surface area (Å²) in [6, 6.07) is 8.09. The summed E-state index contributed by atoms with van der Waals surface area (Å²) in [4.78, 5) is 0. The molecule has 0 aliphatic rings. The van der Waals surface area contributed by atoms with E-state index in [-0.39, 0.29) is 16.2 Å². The van der Waals surface area contributed by atoms with Crippen LogP contribution < -0.4 is 0 Å². The number of rotatable bonds is 2. The third kappa shape index (κ3) is 4.00. The Morgan fingerprint density at radius 3 is 1.07 bits per heavy atom. The van der Waals surface area contributed by atoms with Crippen molar-refractivity contribution in [2.75, 3.05) is 0 Å². The molecule has 0 spiro atoms. The summed E-state index contributed by atoms with van der Waals surface area (Å²) in [7, 11) is 0. The fourth-order valence-corrected chi connectivity index (χ4v) is 4.08. The lowest BCUT2D eigenvalue weighted by atomic mass is 9.71. The zero-order chi connectivity index (χ0) is 20.9. The molecule has 0 bridgehead atoms. The van der Waals surface area contributed by atoms with Crippen molar-refractivity contribution in [3.05, 3.63) is 57.6 Å². The van der Waals surface area contributed by atoms with Crippen molar-refractivity contribution >= 4 is 0 Å². The minimum absolute atomic E-state index is 0.136. The van der Waals surface area contributed by atoms with E-state index in [0.717, 1.165) is 22.3 Å². The molecule has 27 heavy (non-hydrogen) atoms. The van der Waals surface area contributed by atoms with Crippen LogP contribution in [0.2, 0.25) is 0 Å². The van der Waals surface area contributed by atoms with Gasteiger partial charge in [0.1, 0.15) is 11.5 Å². The van der Waals surface area contributed by atoms with E-state index in [1.165, 1.54) is 11.1 Å². The van der Waals surface area contributed by atoms with E-state index in [1.807, 2.05) is 12.1 Å². The van der Waals surface area contributed by atoms with Gasteiger partial charge in [-0.15, -0.1) is 0 Å². The van der Waals surface area contributed by atoms with Gasteiger partial charge in [-0.05, 0) is 70.2 Å². The topological polar surface area (TPSA) is 40.5 Å². The molecule has 2 heteroatoms. The lowest BCUT2D eigenvalue weighted by Gasteiger charge is -2.33. The summed E-state index contributed by atoms with van der Waals surface area (Å²) in [5.74, 6) is 0.717. The molecule has 0 fully saturated rings. The Labute approximate surface area is 165 Å². The van der Waals surface area contributed by atoms with E-state index in [9.17, 15) is 10.2 Å². The Kier molecular flexibility index (Phi) is 5.20. The van der Waals surface area contributed by atoms with Crippen LogP contribution in [0.1, 0.15) is 88.8 Å². The first-order valence-corrected chi connectivity index (χ1v) is 9.76. The molecule has 0 radical (unpaired) electrons. The summed E-state index contributed by atoms with van der Waals surface area (Å²) in [6.07, 6.45) is 0. The first-order valence-electron chi connectivity index (χ1n) is 9.76. The molecule has 0 amide bonds. The average Bonchev–Trinajstić information content (AvgIpc) is 2.43. The smallest absolute Gasteiger partial charge is 0.119 e. The van der Waals surface area contributed by atoms with Crippen LogP contribution in [0.25, 0.3) is 0 Å². The summed E-state index contributed by atoms with van der Waals surface area (Å²) >= 11 is 0. The Hall–Kier alpha value is -1.96. The van der Waals surface area contributed by atoms with E-state index in [1.54, 1.807) is 0 Å². The van der Waals surface area contributed by atoms with E-state index >= 15 is 0 Å². The molecule has 2 nitrogen and oxygen atoms in total. The van der Waals surface area contributed by atoms with Crippen LogP contribution in [-0.4, -0.2) is 10.2 Å². The van der Waals surface area contributed by atoms with E-state index in [2.05, 4.69) is 81.4 Å². The number of benzene rings is 2. The SMILES string of the molecule is Cc1cc(O)c(C(C)(C)C)cc1C(C)(C)c1cc(C(C)(C)C)c(O)cc1C. The zero-order valence-corrected chi connectivity index (χ0v) is 18.7. The molecule has 2 N–H and O–H groups in total. The van der Waals surface area contributed by atoms with E-state index in [4.69, 9.17) is 0 Å². The molecule has 2 rings (SSSR count). The van der Waals surface area contributed by atoms with E-state index < -0.39 is 0 Å². The van der Waals surface area contributed by atoms with Gasteiger partial charge in [0.25, 0.3) is 0 Å². The van der Waals surface area contributed by atoms with Crippen LogP contribution in [0.4, 0.5) is 0 Å². The molecule has 0 atom stereocenters. The highest BCUT2D eigenvalue weighted by Crippen LogP contribution is 2.43. The lowest BCUT2D eigenvalue weighted by Crippen LogP contribution is -2.24. The minimum Gasteiger partial charge on any atom is -0.508 e. The predicted octanol–water partition coefficient (Wildman–Crippen LogP) is 6.64. The summed E-state index contributed by atoms with van der Waals surface area (Å²) in [6.45, 7) is 21.3. The number of aromatic hydroxyl groups is 2. The molecule has 148 valence electrons. The van der Waals surface area contributed by atoms with Gasteiger partial charge in [-0.3, -0.25) is 0 Å². The quantitative estimate of drug-likeness (QED) is 0.624. The molecule has 0 aliphatic carbocycles. The number of aryl methyl sites for hydroxylation is 2. The fourth-order valence-electron chi connectivity index (χ4n) is 4.08. The normalized spacial score (nSPS) is 13.1. The van der Waals surface area contributed by atoms with Crippen LogP contribution in [-0.2, 0) is 16.2 Å². The Morgan fingerprint density at radius 1 is 0.519 bits per heavy atom. The maximum atomic E-state index is 10.5. The number of phenolic OH excluding ortho intramolecular Hbond substituents is 2. The molecule has 0 aromatic heterocycles. The van der Waals surface area contributed by atoms with Crippen LogP contribution >= 0.6 is 0 Å². The average molecular weight is 369 g/mol. The van der Waals surface area contributed by atoms with Crippen LogP contribution in [0.15, 0.2) is 24.3 Å². The van der Waals surface area contributed by atoms with Crippen LogP contribution in [0.3, 0.4) is 0 Å². The van der Waals surface area contributed by atoms with Gasteiger partial charge in [-0.25, -0.2) is 0 Å². The summed E-state index contributed by atoms with van der Waals surface area (Å²) < 4.78 is 0. The molecule has 0 saturated heterocycles. The molecule has 0 unspecified atom stereocenters. The van der Waals surface area contributed by atoms with E-state index in [0.29, 0.717) is 11.5 Å². The largest absolute Gasteiger partial charge is 0.508 e. The van der Waals surface area contributed by atoms with Gasteiger partial charge in [0.2, 0.25) is 0 Å². The molecule has 0 aliphatic heterocycles. The molecule has 0 saturated carbocycles. The van der Waals surface area contributed by atoms with Crippen LogP contribution in [0.5, 0.6) is 11.5 Å². The molecule has 0 heterocycles. The third-order valence-electron chi connectivity index (χ3n) is 5.65. The molecule has 2 aromatic rings. The second-order valence-electron chi connectivity index (χ2n) is 10.5. The second kappa shape index (κ2) is 6.58. The second-order valence-corrected chi connectivity index (χ2v) is 10.5. The third-order valence-corrected chi connectivity index (χ3v) is 5.65. The predicted molar refractivity (Wildman–Crippen MR) is 115 cm³/mol. The maximum Gasteiger partial charge on any atom is 0.119 e. The monoisotopic (exact) mass is 368 g/mol. The van der Waals surface area contributed by atoms with Crippen LogP contribution in [0, 0.1) is 13.8 Å². The molecular formula is C25H36O2. The van der Waals surface area contributed by atoms with Crippen molar-refractivity contribution in [2.45, 2.75) is 85.5 Å². The highest BCUT2D eigenvalue weighted by atomic mass is 16.3. The Bertz CT molecular complexity index is 788. The number of hydrogen-bond acceptors (Lipinski definition) is 2. The highest BCUT2D eigenvalue weighted by molar-refractivity contribution is 5.54. The number of phenols is 2. The maximum absolute atomic E-state index is 10.5. The Morgan fingerprint density at radius 2 is 0.815 bits per heavy atom. The van der Waals surface area contributed by atoms with Crippen molar-refractivity contribution in [2.24, 2.45) is 0 Å². The first kappa shape index (κ1) is 21.3. The van der Waals surface area contributed by atoms with Gasteiger partial charge in [-0.2, -0.15) is 0 Å². The van der Waals surface area contributed by atoms with Gasteiger partial charge in [0.05, 0.1) is 0 Å². The highest BCUT2D eigenvalue weighted by Gasteiger charge is 2.31. The van der Waals surface area contributed by atoms with Gasteiger partial charge < -0.3 is 10.2 Å². The van der Waals surface area contributed by atoms with Gasteiger partial charge in [0.15, 0.2) is 0 Å². The van der Waals surface area contributed by atoms with Gasteiger partial charge in [0, 0.05) is 5.41 Å². The first-order chi connectivity index (χ1) is 12.1. The van der Waals surface area contributed by atoms with Crippen molar-refractivity contribution in [3.63, 3.8) is 0 Å². The van der Waals surface area contributed by atoms with Crippen molar-refractivity contribution < 1.29 is 10.2 Å². The summed E-state index contributed by atoms with van der Waals surface area (Å²) in [5.41, 5.74) is 5.97.